The lowest BCUT2D eigenvalue weighted by molar-refractivity contribution is -0.336. The van der Waals surface area contributed by atoms with Gasteiger partial charge in [0.15, 0.2) is 0 Å². The van der Waals surface area contributed by atoms with E-state index < -0.39 is 29.9 Å². The summed E-state index contributed by atoms with van der Waals surface area (Å²) in [5.74, 6) is -0.510. The maximum Gasteiger partial charge on any atom is 0.310 e. The van der Waals surface area contributed by atoms with Crippen molar-refractivity contribution in [3.8, 4) is 0 Å². The monoisotopic (exact) mass is 768 g/mol. The number of carbonyl (C=O) groups is 3. The van der Waals surface area contributed by atoms with Crippen molar-refractivity contribution in [2.75, 3.05) is 6.61 Å². The Kier molecular flexibility index (Phi) is 15.3. The summed E-state index contributed by atoms with van der Waals surface area (Å²) >= 11 is 13.8. The largest absolute Gasteiger partial charge is 0.481 e. The van der Waals surface area contributed by atoms with Crippen LogP contribution in [-0.4, -0.2) is 57.7 Å². The summed E-state index contributed by atoms with van der Waals surface area (Å²) in [6.07, 6.45) is 24.2. The van der Waals surface area contributed by atoms with Crippen LogP contribution in [0.25, 0.3) is 0 Å². The van der Waals surface area contributed by atoms with E-state index in [0.717, 1.165) is 70.1 Å². The van der Waals surface area contributed by atoms with Crippen LogP contribution in [0.15, 0.2) is 0 Å². The van der Waals surface area contributed by atoms with Gasteiger partial charge in [0.05, 0.1) is 35.1 Å². The van der Waals surface area contributed by atoms with Crippen LogP contribution in [0.3, 0.4) is 0 Å². The van der Waals surface area contributed by atoms with Crippen LogP contribution in [0, 0.1) is 59.2 Å². The second kappa shape index (κ2) is 19.7. The number of halogens is 2. The zero-order valence-electron chi connectivity index (χ0n) is 31.4. The van der Waals surface area contributed by atoms with Gasteiger partial charge in [0.2, 0.25) is 0 Å². The van der Waals surface area contributed by atoms with Gasteiger partial charge in [-0.05, 0) is 125 Å². The molecular weight excluding hydrogens is 703 g/mol. The molecule has 12 unspecified atom stereocenters. The normalized spacial score (nSPS) is 39.8. The van der Waals surface area contributed by atoms with Crippen molar-refractivity contribution < 1.29 is 39.1 Å². The van der Waals surface area contributed by atoms with Crippen LogP contribution >= 0.6 is 23.2 Å². The number of carbonyl (C=O) groups excluding carboxylic acids is 1. The van der Waals surface area contributed by atoms with Gasteiger partial charge in [0.1, 0.15) is 12.2 Å². The maximum atomic E-state index is 13.4. The molecule has 0 aromatic carbocycles. The number of aliphatic carboxylic acids is 2. The Balaban J connectivity index is 0.895. The van der Waals surface area contributed by atoms with Crippen molar-refractivity contribution in [1.82, 2.24) is 0 Å². The molecule has 52 heavy (non-hydrogen) atoms. The van der Waals surface area contributed by atoms with Gasteiger partial charge >= 0.3 is 17.9 Å². The quantitative estimate of drug-likeness (QED) is 0.0823. The minimum absolute atomic E-state index is 0.0357. The van der Waals surface area contributed by atoms with Gasteiger partial charge in [-0.1, -0.05) is 70.6 Å². The fourth-order valence-corrected chi connectivity index (χ4v) is 12.4. The molecule has 0 amide bonds. The van der Waals surface area contributed by atoms with Gasteiger partial charge in [-0.25, -0.2) is 9.78 Å². The molecule has 6 fully saturated rings. The number of hydrogen-bond donors (Lipinski definition) is 2. The number of hydrogen-bond acceptors (Lipinski definition) is 6. The van der Waals surface area contributed by atoms with Gasteiger partial charge in [-0.2, -0.15) is 0 Å². The number of carboxylic acid groups (broad SMARTS) is 2. The van der Waals surface area contributed by atoms with Crippen molar-refractivity contribution in [3.05, 3.63) is 0 Å². The Bertz CT molecular complexity index is 1160. The third-order valence-corrected chi connectivity index (χ3v) is 15.6. The Morgan fingerprint density at radius 1 is 0.519 bits per heavy atom. The highest BCUT2D eigenvalue weighted by molar-refractivity contribution is 6.21. The summed E-state index contributed by atoms with van der Waals surface area (Å²) in [7, 11) is 0. The number of carboxylic acids is 2. The van der Waals surface area contributed by atoms with E-state index in [1.807, 2.05) is 0 Å². The number of ether oxygens (including phenoxy) is 1. The third-order valence-electron chi connectivity index (χ3n) is 14.7. The second-order valence-corrected chi connectivity index (χ2v) is 19.3. The molecule has 0 saturated heterocycles. The summed E-state index contributed by atoms with van der Waals surface area (Å²) in [4.78, 5) is 49.5. The van der Waals surface area contributed by atoms with Crippen LogP contribution in [0.1, 0.15) is 154 Å². The van der Waals surface area contributed by atoms with Crippen molar-refractivity contribution in [2.45, 2.75) is 177 Å². The highest BCUT2D eigenvalue weighted by Crippen LogP contribution is 2.45. The Morgan fingerprint density at radius 3 is 1.58 bits per heavy atom. The lowest BCUT2D eigenvalue weighted by atomic mass is 9.70. The highest BCUT2D eigenvalue weighted by atomic mass is 35.5. The molecule has 0 heterocycles. The summed E-state index contributed by atoms with van der Waals surface area (Å²) in [6, 6.07) is 0. The molecule has 12 atom stereocenters. The lowest BCUT2D eigenvalue weighted by Crippen LogP contribution is -2.43. The van der Waals surface area contributed by atoms with Gasteiger partial charge in [0, 0.05) is 0 Å². The van der Waals surface area contributed by atoms with Crippen LogP contribution in [-0.2, 0) is 28.9 Å². The van der Waals surface area contributed by atoms with E-state index in [0.29, 0.717) is 55.5 Å². The summed E-state index contributed by atoms with van der Waals surface area (Å²) < 4.78 is 6.01. The second-order valence-electron chi connectivity index (χ2n) is 18.2. The van der Waals surface area contributed by atoms with E-state index in [2.05, 4.69) is 0 Å². The zero-order valence-corrected chi connectivity index (χ0v) is 32.9. The molecule has 6 saturated carbocycles. The van der Waals surface area contributed by atoms with Gasteiger partial charge in [-0.3, -0.25) is 14.4 Å². The molecule has 0 aromatic rings. The average Bonchev–Trinajstić information content (AvgIpc) is 3.14. The van der Waals surface area contributed by atoms with Crippen molar-refractivity contribution >= 4 is 41.1 Å². The predicted octanol–water partition coefficient (Wildman–Crippen LogP) is 10.2. The topological polar surface area (TPSA) is 119 Å². The first-order chi connectivity index (χ1) is 25.1. The molecule has 6 aliphatic carbocycles. The summed E-state index contributed by atoms with van der Waals surface area (Å²) in [6.45, 7) is 0.294. The zero-order chi connectivity index (χ0) is 36.6. The Morgan fingerprint density at radius 2 is 1.04 bits per heavy atom. The first kappa shape index (κ1) is 40.6. The molecule has 10 heteroatoms. The number of esters is 1. The van der Waals surface area contributed by atoms with E-state index in [1.165, 1.54) is 70.6 Å². The number of alkyl halides is 2. The first-order valence-corrected chi connectivity index (χ1v) is 22.2. The Hall–Kier alpha value is -1.09. The smallest absolute Gasteiger partial charge is 0.310 e. The summed E-state index contributed by atoms with van der Waals surface area (Å²) in [5.41, 5.74) is 0. The van der Waals surface area contributed by atoms with Gasteiger partial charge in [0.25, 0.3) is 0 Å². The van der Waals surface area contributed by atoms with Crippen LogP contribution in [0.2, 0.25) is 0 Å². The van der Waals surface area contributed by atoms with E-state index in [4.69, 9.17) is 37.7 Å². The minimum Gasteiger partial charge on any atom is -0.481 e. The Labute approximate surface area is 322 Å². The molecule has 8 nitrogen and oxygen atoms in total. The van der Waals surface area contributed by atoms with E-state index in [9.17, 15) is 24.6 Å². The highest BCUT2D eigenvalue weighted by Gasteiger charge is 2.44. The molecule has 0 aliphatic heterocycles. The fraction of sp³-hybridized carbons (Fsp3) is 0.929. The maximum absolute atomic E-state index is 13.4. The summed E-state index contributed by atoms with van der Waals surface area (Å²) in [5, 5.41) is 19.6. The van der Waals surface area contributed by atoms with E-state index in [1.54, 1.807) is 0 Å². The molecule has 6 aliphatic rings. The molecule has 2 N–H and O–H groups in total. The minimum atomic E-state index is -0.876. The molecule has 0 radical (unpaired) electrons. The molecular formula is C42H66Cl2O8. The molecule has 0 aromatic heterocycles. The van der Waals surface area contributed by atoms with Crippen LogP contribution in [0.4, 0.5) is 0 Å². The molecule has 0 spiro atoms. The molecule has 0 bridgehead atoms. The van der Waals surface area contributed by atoms with Crippen LogP contribution in [0.5, 0.6) is 0 Å². The van der Waals surface area contributed by atoms with E-state index in [-0.39, 0.29) is 34.7 Å². The van der Waals surface area contributed by atoms with Gasteiger partial charge < -0.3 is 14.9 Å². The van der Waals surface area contributed by atoms with Crippen molar-refractivity contribution in [3.63, 3.8) is 0 Å². The standard InChI is InChI=1S/C42H66Cl2O8/c43-36-23-30(14-17-38(36)51-42(49)33-16-12-29(22-35(33)41(47)48)20-27-9-5-2-6-10-27)31-15-18-39(37(44)24-31)52-50-25-32-13-11-28(21-34(32)40(45)46)19-26-7-3-1-4-8-26/h26-39H,1-25H2,(H,45,46)(H,47,48). The van der Waals surface area contributed by atoms with Crippen molar-refractivity contribution in [2.24, 2.45) is 59.2 Å². The molecule has 6 rings (SSSR count). The SMILES string of the molecule is O=C(O)C1CC(CC2CCCCC2)CCC1COOC1CCC(C2CCC(OC(=O)C3CCC(CC4CCCCC4)CC3C(=O)O)C(Cl)C2)CC1Cl. The average molecular weight is 770 g/mol. The van der Waals surface area contributed by atoms with Gasteiger partial charge in [-0.15, -0.1) is 23.2 Å². The number of rotatable bonds is 13. The van der Waals surface area contributed by atoms with Crippen LogP contribution < -0.4 is 0 Å². The predicted molar refractivity (Wildman–Crippen MR) is 201 cm³/mol. The fourth-order valence-electron chi connectivity index (χ4n) is 11.6. The lowest BCUT2D eigenvalue weighted by Gasteiger charge is -2.41. The first-order valence-electron chi connectivity index (χ1n) is 21.4. The van der Waals surface area contributed by atoms with Crippen molar-refractivity contribution in [1.29, 1.82) is 0 Å². The molecule has 296 valence electrons. The van der Waals surface area contributed by atoms with E-state index >= 15 is 0 Å². The third kappa shape index (κ3) is 11.0.